The molecule has 1 saturated carbocycles. The lowest BCUT2D eigenvalue weighted by molar-refractivity contribution is 0.0901. The van der Waals surface area contributed by atoms with Crippen LogP contribution in [0.25, 0.3) is 10.1 Å². The lowest BCUT2D eigenvalue weighted by Crippen LogP contribution is -2.43. The van der Waals surface area contributed by atoms with Crippen molar-refractivity contribution in [3.63, 3.8) is 0 Å². The highest BCUT2D eigenvalue weighted by atomic mass is 32.1. The number of thiophene rings is 1. The summed E-state index contributed by atoms with van der Waals surface area (Å²) in [6, 6.07) is 6.34. The molecule has 0 unspecified atom stereocenters. The molecule has 1 aromatic heterocycles. The number of hydrogen-bond acceptors (Lipinski definition) is 3. The summed E-state index contributed by atoms with van der Waals surface area (Å²) in [7, 11) is 0. The lowest BCUT2D eigenvalue weighted by atomic mass is 9.82. The van der Waals surface area contributed by atoms with Gasteiger partial charge in [-0.25, -0.2) is 0 Å². The number of carbonyl (C=O) groups excluding carboxylic acids is 1. The number of nitrogens with two attached hydrogens (primary N) is 1. The highest BCUT2D eigenvalue weighted by Gasteiger charge is 2.28. The lowest BCUT2D eigenvalue weighted by Gasteiger charge is -2.33. The molecule has 0 radical (unpaired) electrons. The average Bonchev–Trinajstić information content (AvgIpc) is 2.67. The summed E-state index contributed by atoms with van der Waals surface area (Å²) in [6.07, 6.45) is 2.16. The van der Waals surface area contributed by atoms with E-state index in [1.54, 1.807) is 0 Å². The molecule has 100 valence electrons. The van der Waals surface area contributed by atoms with Crippen LogP contribution in [0.3, 0.4) is 0 Å². The second-order valence-electron chi connectivity index (χ2n) is 5.54. The number of aryl methyl sites for hydroxylation is 1. The highest BCUT2D eigenvalue weighted by molar-refractivity contribution is 7.21. The Morgan fingerprint density at radius 3 is 2.79 bits per heavy atom. The molecule has 0 bridgehead atoms. The number of hydrogen-bond donors (Lipinski definition) is 2. The molecular formula is C15H18N2OS. The van der Waals surface area contributed by atoms with Gasteiger partial charge >= 0.3 is 0 Å². The van der Waals surface area contributed by atoms with Crippen molar-refractivity contribution in [1.82, 2.24) is 5.32 Å². The maximum atomic E-state index is 12.3. The van der Waals surface area contributed by atoms with E-state index in [-0.39, 0.29) is 5.91 Å². The largest absolute Gasteiger partial charge is 0.397 e. The smallest absolute Gasteiger partial charge is 0.263 e. The van der Waals surface area contributed by atoms with Crippen molar-refractivity contribution in [1.29, 1.82) is 0 Å². The molecule has 4 heteroatoms. The van der Waals surface area contributed by atoms with E-state index in [4.69, 9.17) is 5.73 Å². The standard InChI is InChI=1S/C15H18N2OS/c1-8-6-10(7-8)17-15(18)14-12(16)11-5-3-4-9(2)13(11)19-14/h3-5,8,10H,6-7,16H2,1-2H3,(H,17,18). The Kier molecular flexibility index (Phi) is 2.97. The molecule has 1 amide bonds. The predicted octanol–water partition coefficient (Wildman–Crippen LogP) is 3.32. The zero-order valence-corrected chi connectivity index (χ0v) is 12.0. The normalized spacial score (nSPS) is 22.2. The van der Waals surface area contributed by atoms with Gasteiger partial charge in [0.1, 0.15) is 4.88 Å². The number of nitrogens with one attached hydrogen (secondary N) is 1. The molecule has 2 aromatic rings. The molecule has 1 heterocycles. The number of rotatable bonds is 2. The van der Waals surface area contributed by atoms with E-state index in [0.29, 0.717) is 16.6 Å². The van der Waals surface area contributed by atoms with Crippen molar-refractivity contribution in [3.05, 3.63) is 28.6 Å². The minimum atomic E-state index is -0.0185. The predicted molar refractivity (Wildman–Crippen MR) is 80.6 cm³/mol. The van der Waals surface area contributed by atoms with E-state index >= 15 is 0 Å². The van der Waals surface area contributed by atoms with Gasteiger partial charge in [-0.05, 0) is 31.2 Å². The molecule has 1 aliphatic rings. The van der Waals surface area contributed by atoms with Crippen LogP contribution in [-0.2, 0) is 0 Å². The summed E-state index contributed by atoms with van der Waals surface area (Å²) < 4.78 is 1.12. The van der Waals surface area contributed by atoms with Gasteiger partial charge in [-0.15, -0.1) is 11.3 Å². The Bertz CT molecular complexity index is 641. The van der Waals surface area contributed by atoms with Gasteiger partial charge in [0.25, 0.3) is 5.91 Å². The Morgan fingerprint density at radius 2 is 2.16 bits per heavy atom. The summed E-state index contributed by atoms with van der Waals surface area (Å²) in [5.41, 5.74) is 7.91. The highest BCUT2D eigenvalue weighted by Crippen LogP contribution is 2.36. The minimum absolute atomic E-state index is 0.0185. The van der Waals surface area contributed by atoms with Crippen molar-refractivity contribution >= 4 is 33.0 Å². The monoisotopic (exact) mass is 274 g/mol. The molecule has 1 fully saturated rings. The van der Waals surface area contributed by atoms with Crippen molar-refractivity contribution in [2.75, 3.05) is 5.73 Å². The second kappa shape index (κ2) is 4.53. The van der Waals surface area contributed by atoms with Crippen LogP contribution in [0, 0.1) is 12.8 Å². The molecule has 3 nitrogen and oxygen atoms in total. The molecule has 0 atom stereocenters. The van der Waals surface area contributed by atoms with Crippen molar-refractivity contribution in [2.24, 2.45) is 5.92 Å². The van der Waals surface area contributed by atoms with Crippen LogP contribution < -0.4 is 11.1 Å². The Morgan fingerprint density at radius 1 is 1.42 bits per heavy atom. The van der Waals surface area contributed by atoms with Crippen LogP contribution in [-0.4, -0.2) is 11.9 Å². The first-order chi connectivity index (χ1) is 9.06. The SMILES string of the molecule is Cc1cccc2c(N)c(C(=O)NC3CC(C)C3)sc12. The summed E-state index contributed by atoms with van der Waals surface area (Å²) >= 11 is 1.50. The fourth-order valence-electron chi connectivity index (χ4n) is 2.72. The van der Waals surface area contributed by atoms with Crippen molar-refractivity contribution < 1.29 is 4.79 Å². The Labute approximate surface area is 116 Å². The van der Waals surface area contributed by atoms with Gasteiger partial charge in [0.15, 0.2) is 0 Å². The first-order valence-corrected chi connectivity index (χ1v) is 7.46. The maximum Gasteiger partial charge on any atom is 0.263 e. The Balaban J connectivity index is 1.90. The minimum Gasteiger partial charge on any atom is -0.397 e. The van der Waals surface area contributed by atoms with Crippen LogP contribution in [0.1, 0.15) is 35.0 Å². The van der Waals surface area contributed by atoms with Gasteiger partial charge in [-0.3, -0.25) is 4.79 Å². The second-order valence-corrected chi connectivity index (χ2v) is 6.56. The van der Waals surface area contributed by atoms with E-state index in [0.717, 1.165) is 28.8 Å². The summed E-state index contributed by atoms with van der Waals surface area (Å²) in [6.45, 7) is 4.26. The van der Waals surface area contributed by atoms with Crippen molar-refractivity contribution in [2.45, 2.75) is 32.7 Å². The number of benzene rings is 1. The number of amides is 1. The molecule has 0 saturated heterocycles. The molecular weight excluding hydrogens is 256 g/mol. The van der Waals surface area contributed by atoms with Gasteiger partial charge in [0.05, 0.1) is 5.69 Å². The third-order valence-corrected chi connectivity index (χ3v) is 5.22. The Hall–Kier alpha value is -1.55. The topological polar surface area (TPSA) is 55.1 Å². The van der Waals surface area contributed by atoms with E-state index in [1.165, 1.54) is 16.9 Å². The summed E-state index contributed by atoms with van der Waals surface area (Å²) in [5, 5.41) is 4.07. The zero-order chi connectivity index (χ0) is 13.6. The third-order valence-electron chi connectivity index (χ3n) is 3.87. The average molecular weight is 274 g/mol. The zero-order valence-electron chi connectivity index (χ0n) is 11.2. The van der Waals surface area contributed by atoms with Crippen LogP contribution in [0.5, 0.6) is 0 Å². The van der Waals surface area contributed by atoms with Crippen LogP contribution in [0.4, 0.5) is 5.69 Å². The van der Waals surface area contributed by atoms with Crippen LogP contribution >= 0.6 is 11.3 Å². The van der Waals surface area contributed by atoms with Gasteiger partial charge < -0.3 is 11.1 Å². The maximum absolute atomic E-state index is 12.3. The van der Waals surface area contributed by atoms with Crippen molar-refractivity contribution in [3.8, 4) is 0 Å². The fourth-order valence-corrected chi connectivity index (χ4v) is 3.81. The van der Waals surface area contributed by atoms with E-state index in [9.17, 15) is 4.79 Å². The number of carbonyl (C=O) groups is 1. The molecule has 1 aromatic carbocycles. The molecule has 3 N–H and O–H groups in total. The number of fused-ring (bicyclic) bond motifs is 1. The van der Waals surface area contributed by atoms with Gasteiger partial charge in [0.2, 0.25) is 0 Å². The first-order valence-electron chi connectivity index (χ1n) is 6.64. The number of anilines is 1. The van der Waals surface area contributed by atoms with Gasteiger partial charge in [-0.2, -0.15) is 0 Å². The quantitative estimate of drug-likeness (QED) is 0.882. The fraction of sp³-hybridized carbons (Fsp3) is 0.400. The van der Waals surface area contributed by atoms with E-state index in [2.05, 4.69) is 12.2 Å². The summed E-state index contributed by atoms with van der Waals surface area (Å²) in [4.78, 5) is 12.9. The molecule has 19 heavy (non-hydrogen) atoms. The number of nitrogen functional groups attached to an aromatic ring is 1. The molecule has 0 spiro atoms. The first kappa shape index (κ1) is 12.5. The third kappa shape index (κ3) is 2.10. The summed E-state index contributed by atoms with van der Waals surface area (Å²) in [5.74, 6) is 0.710. The molecule has 3 rings (SSSR count). The molecule has 0 aliphatic heterocycles. The van der Waals surface area contributed by atoms with Gasteiger partial charge in [0, 0.05) is 16.1 Å². The van der Waals surface area contributed by atoms with E-state index < -0.39 is 0 Å². The van der Waals surface area contributed by atoms with E-state index in [1.807, 2.05) is 25.1 Å². The van der Waals surface area contributed by atoms with Crippen LogP contribution in [0.15, 0.2) is 18.2 Å². The molecule has 1 aliphatic carbocycles. The van der Waals surface area contributed by atoms with Crippen LogP contribution in [0.2, 0.25) is 0 Å². The van der Waals surface area contributed by atoms with Gasteiger partial charge in [-0.1, -0.05) is 25.1 Å².